The van der Waals surface area contributed by atoms with E-state index in [0.29, 0.717) is 17.4 Å². The van der Waals surface area contributed by atoms with Crippen LogP contribution < -0.4 is 5.32 Å². The average Bonchev–Trinajstić information content (AvgIpc) is 2.82. The summed E-state index contributed by atoms with van der Waals surface area (Å²) in [6, 6.07) is 7.48. The number of amides is 1. The van der Waals surface area contributed by atoms with Crippen LogP contribution in [0.5, 0.6) is 0 Å². The second-order valence-corrected chi connectivity index (χ2v) is 5.61. The Labute approximate surface area is 118 Å². The van der Waals surface area contributed by atoms with E-state index in [9.17, 15) is 4.79 Å². The molecule has 1 heterocycles. The Hall–Kier alpha value is -2.10. The summed E-state index contributed by atoms with van der Waals surface area (Å²) in [6.45, 7) is 4.21. The number of aromatic nitrogens is 1. The van der Waals surface area contributed by atoms with Gasteiger partial charge in [0.15, 0.2) is 0 Å². The minimum absolute atomic E-state index is 0.151. The van der Waals surface area contributed by atoms with Gasteiger partial charge in [0.2, 0.25) is 5.88 Å². The summed E-state index contributed by atoms with van der Waals surface area (Å²) >= 11 is 0. The van der Waals surface area contributed by atoms with Gasteiger partial charge in [-0.25, -0.2) is 0 Å². The number of aryl methyl sites for hydroxylation is 2. The van der Waals surface area contributed by atoms with E-state index in [0.717, 1.165) is 36.1 Å². The van der Waals surface area contributed by atoms with Gasteiger partial charge in [-0.3, -0.25) is 10.1 Å². The van der Waals surface area contributed by atoms with E-state index in [4.69, 9.17) is 4.52 Å². The molecule has 3 rings (SSSR count). The van der Waals surface area contributed by atoms with Crippen molar-refractivity contribution >= 4 is 11.8 Å². The van der Waals surface area contributed by atoms with Crippen LogP contribution in [0.1, 0.15) is 40.5 Å². The van der Waals surface area contributed by atoms with Crippen LogP contribution in [0.15, 0.2) is 28.8 Å². The Balaban J connectivity index is 1.80. The van der Waals surface area contributed by atoms with Crippen LogP contribution in [-0.4, -0.2) is 11.1 Å². The molecular formula is C16H18N2O2. The minimum atomic E-state index is -0.151. The Morgan fingerprint density at radius 1 is 1.35 bits per heavy atom. The largest absolute Gasteiger partial charge is 0.338 e. The number of nitrogens with one attached hydrogen (secondary N) is 1. The van der Waals surface area contributed by atoms with E-state index in [2.05, 4.69) is 17.4 Å². The summed E-state index contributed by atoms with van der Waals surface area (Å²) < 4.78 is 5.30. The van der Waals surface area contributed by atoms with Crippen molar-refractivity contribution in [3.8, 4) is 0 Å². The molecule has 1 atom stereocenters. The highest BCUT2D eigenvalue weighted by molar-refractivity contribution is 6.03. The van der Waals surface area contributed by atoms with Gasteiger partial charge in [-0.1, -0.05) is 29.8 Å². The molecule has 0 fully saturated rings. The lowest BCUT2D eigenvalue weighted by molar-refractivity contribution is 0.102. The molecule has 0 saturated heterocycles. The van der Waals surface area contributed by atoms with E-state index < -0.39 is 0 Å². The molecule has 1 amide bonds. The van der Waals surface area contributed by atoms with Crippen LogP contribution in [-0.2, 0) is 12.8 Å². The number of carbonyl (C=O) groups excluding carboxylic acids is 1. The molecule has 1 N–H and O–H groups in total. The molecule has 0 saturated carbocycles. The number of fused-ring (bicyclic) bond motifs is 1. The molecule has 2 aromatic rings. The summed E-state index contributed by atoms with van der Waals surface area (Å²) in [4.78, 5) is 12.2. The zero-order chi connectivity index (χ0) is 14.1. The van der Waals surface area contributed by atoms with Gasteiger partial charge in [-0.05, 0) is 44.2 Å². The van der Waals surface area contributed by atoms with Gasteiger partial charge in [0.25, 0.3) is 5.91 Å². The van der Waals surface area contributed by atoms with Crippen LogP contribution in [0, 0.1) is 12.8 Å². The highest BCUT2D eigenvalue weighted by Crippen LogP contribution is 2.30. The molecule has 1 aliphatic carbocycles. The summed E-state index contributed by atoms with van der Waals surface area (Å²) in [5, 5.41) is 6.90. The molecule has 4 heteroatoms. The lowest BCUT2D eigenvalue weighted by Crippen LogP contribution is -2.15. The maximum atomic E-state index is 12.2. The first-order chi connectivity index (χ1) is 9.63. The smallest absolute Gasteiger partial charge is 0.258 e. The Morgan fingerprint density at radius 3 is 2.85 bits per heavy atom. The number of hydrogen-bond acceptors (Lipinski definition) is 3. The van der Waals surface area contributed by atoms with Gasteiger partial charge in [-0.15, -0.1) is 0 Å². The highest BCUT2D eigenvalue weighted by atomic mass is 16.5. The fourth-order valence-electron chi connectivity index (χ4n) is 2.56. The van der Waals surface area contributed by atoms with E-state index in [1.807, 2.05) is 31.2 Å². The molecule has 1 aromatic heterocycles. The third kappa shape index (κ3) is 2.46. The Morgan fingerprint density at radius 2 is 2.10 bits per heavy atom. The van der Waals surface area contributed by atoms with Gasteiger partial charge in [-0.2, -0.15) is 0 Å². The molecule has 1 unspecified atom stereocenters. The average molecular weight is 270 g/mol. The molecule has 0 bridgehead atoms. The molecule has 0 spiro atoms. The Kier molecular flexibility index (Phi) is 3.30. The SMILES string of the molecule is Cc1ccc(C(=O)Nc2onc3c2CC(C)CC3)cc1. The van der Waals surface area contributed by atoms with E-state index in [1.54, 1.807) is 0 Å². The van der Waals surface area contributed by atoms with E-state index in [1.165, 1.54) is 0 Å². The van der Waals surface area contributed by atoms with Crippen molar-refractivity contribution < 1.29 is 9.32 Å². The van der Waals surface area contributed by atoms with Crippen LogP contribution in [0.25, 0.3) is 0 Å². The number of anilines is 1. The predicted octanol–water partition coefficient (Wildman–Crippen LogP) is 3.36. The van der Waals surface area contributed by atoms with Crippen molar-refractivity contribution in [2.45, 2.75) is 33.1 Å². The predicted molar refractivity (Wildman–Crippen MR) is 76.8 cm³/mol. The molecule has 20 heavy (non-hydrogen) atoms. The lowest BCUT2D eigenvalue weighted by Gasteiger charge is -2.16. The molecule has 0 radical (unpaired) electrons. The van der Waals surface area contributed by atoms with Gasteiger partial charge < -0.3 is 4.52 Å². The topological polar surface area (TPSA) is 55.1 Å². The van der Waals surface area contributed by atoms with Crippen molar-refractivity contribution in [2.24, 2.45) is 5.92 Å². The third-order valence-electron chi connectivity index (χ3n) is 3.84. The van der Waals surface area contributed by atoms with Crippen LogP contribution in [0.3, 0.4) is 0 Å². The summed E-state index contributed by atoms with van der Waals surface area (Å²) in [5.41, 5.74) is 3.81. The monoisotopic (exact) mass is 270 g/mol. The summed E-state index contributed by atoms with van der Waals surface area (Å²) in [6.07, 6.45) is 2.98. The first-order valence-electron chi connectivity index (χ1n) is 6.99. The number of rotatable bonds is 2. The van der Waals surface area contributed by atoms with Crippen molar-refractivity contribution in [3.05, 3.63) is 46.6 Å². The molecular weight excluding hydrogens is 252 g/mol. The zero-order valence-corrected chi connectivity index (χ0v) is 11.8. The Bertz CT molecular complexity index is 628. The molecule has 4 nitrogen and oxygen atoms in total. The van der Waals surface area contributed by atoms with Crippen LogP contribution in [0.2, 0.25) is 0 Å². The van der Waals surface area contributed by atoms with Crippen LogP contribution in [0.4, 0.5) is 5.88 Å². The fraction of sp³-hybridized carbons (Fsp3) is 0.375. The normalized spacial score (nSPS) is 17.6. The van der Waals surface area contributed by atoms with Crippen molar-refractivity contribution in [1.82, 2.24) is 5.16 Å². The number of benzene rings is 1. The molecule has 1 aliphatic rings. The number of hydrogen-bond donors (Lipinski definition) is 1. The van der Waals surface area contributed by atoms with Gasteiger partial charge in [0.05, 0.1) is 5.69 Å². The number of carbonyl (C=O) groups is 1. The maximum absolute atomic E-state index is 12.2. The van der Waals surface area contributed by atoms with Crippen molar-refractivity contribution in [3.63, 3.8) is 0 Å². The summed E-state index contributed by atoms with van der Waals surface area (Å²) in [7, 11) is 0. The zero-order valence-electron chi connectivity index (χ0n) is 11.8. The lowest BCUT2D eigenvalue weighted by atomic mass is 9.89. The van der Waals surface area contributed by atoms with Crippen molar-refractivity contribution in [2.75, 3.05) is 5.32 Å². The second-order valence-electron chi connectivity index (χ2n) is 5.61. The summed E-state index contributed by atoms with van der Waals surface area (Å²) in [5.74, 6) is 0.969. The molecule has 0 aliphatic heterocycles. The van der Waals surface area contributed by atoms with Gasteiger partial charge >= 0.3 is 0 Å². The van der Waals surface area contributed by atoms with Crippen LogP contribution >= 0.6 is 0 Å². The fourth-order valence-corrected chi connectivity index (χ4v) is 2.56. The second kappa shape index (κ2) is 5.12. The van der Waals surface area contributed by atoms with Gasteiger partial charge in [0, 0.05) is 11.1 Å². The molecule has 1 aromatic carbocycles. The quantitative estimate of drug-likeness (QED) is 0.910. The maximum Gasteiger partial charge on any atom is 0.258 e. The first kappa shape index (κ1) is 12.9. The number of nitrogens with zero attached hydrogens (tertiary/aromatic N) is 1. The standard InChI is InChI=1S/C16H18N2O2/c1-10-3-6-12(7-4-10)15(19)17-16-13-9-11(2)5-8-14(13)18-20-16/h3-4,6-7,11H,5,8-9H2,1-2H3,(H,17,19). The first-order valence-corrected chi connectivity index (χ1v) is 6.99. The minimum Gasteiger partial charge on any atom is -0.338 e. The van der Waals surface area contributed by atoms with Gasteiger partial charge in [0.1, 0.15) is 0 Å². The van der Waals surface area contributed by atoms with Crippen molar-refractivity contribution in [1.29, 1.82) is 0 Å². The van der Waals surface area contributed by atoms with E-state index in [-0.39, 0.29) is 5.91 Å². The molecule has 104 valence electrons. The highest BCUT2D eigenvalue weighted by Gasteiger charge is 2.24. The third-order valence-corrected chi connectivity index (χ3v) is 3.84. The van der Waals surface area contributed by atoms with E-state index >= 15 is 0 Å².